The Kier molecular flexibility index (Phi) is 4.85. The molecule has 2 aromatic carbocycles. The molecule has 2 aromatic rings. The van der Waals surface area contributed by atoms with Crippen molar-refractivity contribution in [2.75, 3.05) is 19.8 Å². The van der Waals surface area contributed by atoms with Crippen LogP contribution < -0.4 is 5.32 Å². The van der Waals surface area contributed by atoms with Crippen LogP contribution >= 0.6 is 0 Å². The van der Waals surface area contributed by atoms with E-state index >= 15 is 0 Å². The lowest BCUT2D eigenvalue weighted by molar-refractivity contribution is 0.0536. The molecule has 1 amide bonds. The highest BCUT2D eigenvalue weighted by Crippen LogP contribution is 2.28. The lowest BCUT2D eigenvalue weighted by Crippen LogP contribution is -2.33. The Hall–Kier alpha value is -2.46. The van der Waals surface area contributed by atoms with E-state index in [9.17, 15) is 9.59 Å². The third kappa shape index (κ3) is 3.56. The summed E-state index contributed by atoms with van der Waals surface area (Å²) in [5.74, 6) is 0.588. The van der Waals surface area contributed by atoms with Crippen molar-refractivity contribution in [3.63, 3.8) is 0 Å². The van der Waals surface area contributed by atoms with Crippen LogP contribution in [0.15, 0.2) is 42.5 Å². The van der Waals surface area contributed by atoms with E-state index in [0.29, 0.717) is 24.4 Å². The molecule has 134 valence electrons. The highest BCUT2D eigenvalue weighted by molar-refractivity contribution is 6.01. The van der Waals surface area contributed by atoms with Gasteiger partial charge in [-0.05, 0) is 54.0 Å². The minimum Gasteiger partial charge on any atom is -0.381 e. The van der Waals surface area contributed by atoms with Gasteiger partial charge in [0.25, 0.3) is 5.91 Å². The van der Waals surface area contributed by atoms with Gasteiger partial charge >= 0.3 is 0 Å². The van der Waals surface area contributed by atoms with Crippen molar-refractivity contribution in [3.05, 3.63) is 59.2 Å². The van der Waals surface area contributed by atoms with Crippen molar-refractivity contribution in [1.29, 1.82) is 0 Å². The lowest BCUT2D eigenvalue weighted by Gasteiger charge is -2.22. The number of hydrogen-bond acceptors (Lipinski definition) is 3. The van der Waals surface area contributed by atoms with Crippen LogP contribution in [0.5, 0.6) is 0 Å². The zero-order valence-electron chi connectivity index (χ0n) is 14.8. The number of ketones is 1. The summed E-state index contributed by atoms with van der Waals surface area (Å²) < 4.78 is 5.47. The van der Waals surface area contributed by atoms with Crippen LogP contribution in [-0.4, -0.2) is 31.4 Å². The van der Waals surface area contributed by atoms with Crippen molar-refractivity contribution in [3.8, 4) is 11.1 Å². The van der Waals surface area contributed by atoms with Crippen LogP contribution in [0.3, 0.4) is 0 Å². The SMILES string of the molecule is O=C(NC[C@@H]1CCCOC1)c1cccc(-c2ccc3c(c2)CCC3=O)c1. The molecule has 0 saturated carbocycles. The molecule has 4 rings (SSSR count). The summed E-state index contributed by atoms with van der Waals surface area (Å²) >= 11 is 0. The molecule has 1 aliphatic heterocycles. The standard InChI is InChI=1S/C22H23NO3/c24-21-9-7-18-11-17(6-8-20(18)21)16-4-1-5-19(12-16)22(25)23-13-15-3-2-10-26-14-15/h1,4-6,8,11-12,15H,2-3,7,9-10,13-14H2,(H,23,25)/t15-/m0/s1. The average molecular weight is 349 g/mol. The van der Waals surface area contributed by atoms with Gasteiger partial charge < -0.3 is 10.1 Å². The van der Waals surface area contributed by atoms with Gasteiger partial charge in [0.05, 0.1) is 6.61 Å². The fourth-order valence-electron chi connectivity index (χ4n) is 3.78. The van der Waals surface area contributed by atoms with Crippen molar-refractivity contribution in [2.24, 2.45) is 5.92 Å². The summed E-state index contributed by atoms with van der Waals surface area (Å²) in [5, 5.41) is 3.03. The Morgan fingerprint density at radius 2 is 2.00 bits per heavy atom. The smallest absolute Gasteiger partial charge is 0.251 e. The number of aryl methyl sites for hydroxylation is 1. The molecule has 1 saturated heterocycles. The van der Waals surface area contributed by atoms with Gasteiger partial charge in [-0.3, -0.25) is 9.59 Å². The van der Waals surface area contributed by atoms with Crippen LogP contribution in [0.1, 0.15) is 45.5 Å². The molecule has 4 heteroatoms. The van der Waals surface area contributed by atoms with Gasteiger partial charge in [0.2, 0.25) is 0 Å². The first-order valence-electron chi connectivity index (χ1n) is 9.33. The minimum atomic E-state index is -0.0474. The van der Waals surface area contributed by atoms with Crippen LogP contribution in [0, 0.1) is 5.92 Å². The van der Waals surface area contributed by atoms with Gasteiger partial charge in [0.1, 0.15) is 0 Å². The molecule has 0 bridgehead atoms. The molecule has 0 radical (unpaired) electrons. The molecule has 26 heavy (non-hydrogen) atoms. The molecular weight excluding hydrogens is 326 g/mol. The zero-order chi connectivity index (χ0) is 17.9. The third-order valence-electron chi connectivity index (χ3n) is 5.29. The number of hydrogen-bond donors (Lipinski definition) is 1. The van der Waals surface area contributed by atoms with E-state index < -0.39 is 0 Å². The normalized spacial score (nSPS) is 19.2. The molecule has 1 heterocycles. The predicted octanol–water partition coefficient (Wildman–Crippen LogP) is 3.64. The van der Waals surface area contributed by atoms with Crippen LogP contribution in [0.25, 0.3) is 11.1 Å². The molecule has 0 spiro atoms. The van der Waals surface area contributed by atoms with E-state index in [1.807, 2.05) is 36.4 Å². The zero-order valence-corrected chi connectivity index (χ0v) is 14.8. The predicted molar refractivity (Wildman–Crippen MR) is 100 cm³/mol. The molecule has 1 atom stereocenters. The third-order valence-corrected chi connectivity index (χ3v) is 5.29. The monoisotopic (exact) mass is 349 g/mol. The van der Waals surface area contributed by atoms with Crippen LogP contribution in [-0.2, 0) is 11.2 Å². The Morgan fingerprint density at radius 3 is 2.85 bits per heavy atom. The summed E-state index contributed by atoms with van der Waals surface area (Å²) in [6, 6.07) is 13.6. The molecule has 1 N–H and O–H groups in total. The van der Waals surface area contributed by atoms with Crippen molar-refractivity contribution in [1.82, 2.24) is 5.32 Å². The Morgan fingerprint density at radius 1 is 1.12 bits per heavy atom. The number of amides is 1. The van der Waals surface area contributed by atoms with E-state index in [-0.39, 0.29) is 11.7 Å². The minimum absolute atomic E-state index is 0.0474. The maximum Gasteiger partial charge on any atom is 0.251 e. The fraction of sp³-hybridized carbons (Fsp3) is 0.364. The number of fused-ring (bicyclic) bond motifs is 1. The molecular formula is C22H23NO3. The maximum absolute atomic E-state index is 12.5. The Bertz CT molecular complexity index is 837. The number of carbonyl (C=O) groups excluding carboxylic acids is 2. The number of nitrogens with one attached hydrogen (secondary N) is 1. The van der Waals surface area contributed by atoms with Gasteiger partial charge in [-0.25, -0.2) is 0 Å². The second-order valence-corrected chi connectivity index (χ2v) is 7.17. The van der Waals surface area contributed by atoms with Gasteiger partial charge in [-0.15, -0.1) is 0 Å². The highest BCUT2D eigenvalue weighted by Gasteiger charge is 2.20. The first-order chi connectivity index (χ1) is 12.7. The van der Waals surface area contributed by atoms with Gasteiger partial charge in [0, 0.05) is 30.7 Å². The largest absolute Gasteiger partial charge is 0.381 e. The molecule has 0 aromatic heterocycles. The number of carbonyl (C=O) groups is 2. The molecule has 1 aliphatic carbocycles. The van der Waals surface area contributed by atoms with Crippen molar-refractivity contribution in [2.45, 2.75) is 25.7 Å². The van der Waals surface area contributed by atoms with Gasteiger partial charge in [-0.2, -0.15) is 0 Å². The number of rotatable bonds is 4. The number of benzene rings is 2. The van der Waals surface area contributed by atoms with E-state index in [1.165, 1.54) is 0 Å². The second-order valence-electron chi connectivity index (χ2n) is 7.17. The number of ether oxygens (including phenoxy) is 1. The van der Waals surface area contributed by atoms with Gasteiger partial charge in [0.15, 0.2) is 5.78 Å². The first-order valence-corrected chi connectivity index (χ1v) is 9.33. The quantitative estimate of drug-likeness (QED) is 0.917. The van der Waals surface area contributed by atoms with E-state index in [4.69, 9.17) is 4.74 Å². The fourth-order valence-corrected chi connectivity index (χ4v) is 3.78. The second kappa shape index (κ2) is 7.42. The van der Waals surface area contributed by atoms with E-state index in [2.05, 4.69) is 11.4 Å². The molecule has 0 unspecified atom stereocenters. The maximum atomic E-state index is 12.5. The van der Waals surface area contributed by atoms with E-state index in [0.717, 1.165) is 54.7 Å². The van der Waals surface area contributed by atoms with E-state index in [1.54, 1.807) is 0 Å². The Balaban J connectivity index is 1.48. The first kappa shape index (κ1) is 17.0. The van der Waals surface area contributed by atoms with Crippen LogP contribution in [0.2, 0.25) is 0 Å². The van der Waals surface area contributed by atoms with Crippen molar-refractivity contribution < 1.29 is 14.3 Å². The number of Topliss-reactive ketones (excluding diaryl/α,β-unsaturated/α-hetero) is 1. The molecule has 4 nitrogen and oxygen atoms in total. The lowest BCUT2D eigenvalue weighted by atomic mass is 9.98. The average Bonchev–Trinajstić information content (AvgIpc) is 3.07. The topological polar surface area (TPSA) is 55.4 Å². The summed E-state index contributed by atoms with van der Waals surface area (Å²) in [4.78, 5) is 24.3. The Labute approximate surface area is 153 Å². The summed E-state index contributed by atoms with van der Waals surface area (Å²) in [6.45, 7) is 2.22. The van der Waals surface area contributed by atoms with Crippen LogP contribution in [0.4, 0.5) is 0 Å². The van der Waals surface area contributed by atoms with Gasteiger partial charge in [-0.1, -0.05) is 30.3 Å². The summed E-state index contributed by atoms with van der Waals surface area (Å²) in [7, 11) is 0. The summed E-state index contributed by atoms with van der Waals surface area (Å²) in [5.41, 5.74) is 4.67. The summed E-state index contributed by atoms with van der Waals surface area (Å²) in [6.07, 6.45) is 3.59. The molecule has 2 aliphatic rings. The highest BCUT2D eigenvalue weighted by atomic mass is 16.5. The van der Waals surface area contributed by atoms with Crippen molar-refractivity contribution >= 4 is 11.7 Å². The molecule has 1 fully saturated rings.